The van der Waals surface area contributed by atoms with Crippen molar-refractivity contribution in [3.05, 3.63) is 106 Å². The summed E-state index contributed by atoms with van der Waals surface area (Å²) in [6.45, 7) is 5.87. The lowest BCUT2D eigenvalue weighted by Gasteiger charge is -2.45. The van der Waals surface area contributed by atoms with Crippen molar-refractivity contribution in [3.63, 3.8) is 0 Å². The normalized spacial score (nSPS) is 19.4. The fraction of sp³-hybridized carbons (Fsp3) is 0.394. The zero-order chi connectivity index (χ0) is 27.6. The van der Waals surface area contributed by atoms with Gasteiger partial charge in [0.1, 0.15) is 23.0 Å². The minimum Gasteiger partial charge on any atom is -0.454 e. The van der Waals surface area contributed by atoms with Crippen LogP contribution >= 0.6 is 0 Å². The molecule has 0 aliphatic carbocycles. The van der Waals surface area contributed by atoms with Gasteiger partial charge in [0.25, 0.3) is 0 Å². The van der Waals surface area contributed by atoms with E-state index in [0.29, 0.717) is 51.7 Å². The van der Waals surface area contributed by atoms with Crippen molar-refractivity contribution in [2.45, 2.75) is 63.4 Å². The van der Waals surface area contributed by atoms with Gasteiger partial charge in [-0.1, -0.05) is 48.0 Å². The Morgan fingerprint density at radius 1 is 1.00 bits per heavy atom. The number of benzene rings is 3. The Morgan fingerprint density at radius 2 is 1.67 bits per heavy atom. The van der Waals surface area contributed by atoms with Gasteiger partial charge in [0.2, 0.25) is 0 Å². The summed E-state index contributed by atoms with van der Waals surface area (Å²) in [5, 5.41) is 0. The molecule has 0 saturated carbocycles. The Hall–Kier alpha value is -3.38. The van der Waals surface area contributed by atoms with E-state index in [9.17, 15) is 18.4 Å². The number of hydrogen-bond donors (Lipinski definition) is 0. The van der Waals surface area contributed by atoms with E-state index in [0.717, 1.165) is 22.3 Å². The Labute approximate surface area is 229 Å². The van der Waals surface area contributed by atoms with Crippen LogP contribution in [0.3, 0.4) is 0 Å². The number of ketones is 1. The van der Waals surface area contributed by atoms with Crippen LogP contribution < -0.4 is 0 Å². The number of aryl methyl sites for hydroxylation is 2. The van der Waals surface area contributed by atoms with Gasteiger partial charge in [-0.15, -0.1) is 0 Å². The second-order valence-electron chi connectivity index (χ2n) is 11.1. The number of Topliss-reactive ketones (excluding diaryl/α,β-unsaturated/α-hetero) is 1. The molecule has 204 valence electrons. The zero-order valence-corrected chi connectivity index (χ0v) is 22.6. The summed E-state index contributed by atoms with van der Waals surface area (Å²) < 4.78 is 33.8. The number of rotatable bonds is 8. The highest BCUT2D eigenvalue weighted by atomic mass is 19.1. The summed E-state index contributed by atoms with van der Waals surface area (Å²) in [7, 11) is 0. The van der Waals surface area contributed by atoms with E-state index in [1.807, 2.05) is 6.92 Å². The largest absolute Gasteiger partial charge is 0.454 e. The molecule has 1 saturated heterocycles. The number of fused-ring (bicyclic) bond motifs is 2. The summed E-state index contributed by atoms with van der Waals surface area (Å²) in [4.78, 5) is 28.3. The van der Waals surface area contributed by atoms with Crippen molar-refractivity contribution in [1.29, 1.82) is 0 Å². The minimum absolute atomic E-state index is 0.148. The molecule has 0 N–H and O–H groups in total. The molecule has 2 unspecified atom stereocenters. The highest BCUT2D eigenvalue weighted by molar-refractivity contribution is 5.86. The number of piperidine rings is 1. The standard InChI is InChI=1S/C33H35F2NO3/c1-22-3-5-24(6-4-22)7-14-31(37)29(25-8-10-26(34)11-9-25)15-18-36-19-16-33(17-20-36)30-21-27(35)12-13-28(30)23(2)32(38)39-33/h3-6,8-13,21,23,29H,7,14-20H2,1-2H3. The Morgan fingerprint density at radius 3 is 2.36 bits per heavy atom. The van der Waals surface area contributed by atoms with Gasteiger partial charge in [-0.2, -0.15) is 0 Å². The van der Waals surface area contributed by atoms with Gasteiger partial charge in [0.15, 0.2) is 0 Å². The van der Waals surface area contributed by atoms with Gasteiger partial charge >= 0.3 is 5.97 Å². The third-order valence-corrected chi connectivity index (χ3v) is 8.46. The summed E-state index contributed by atoms with van der Waals surface area (Å²) in [6, 6.07) is 19.1. The second-order valence-corrected chi connectivity index (χ2v) is 11.1. The lowest BCUT2D eigenvalue weighted by molar-refractivity contribution is -0.172. The van der Waals surface area contributed by atoms with Crippen LogP contribution in [0.5, 0.6) is 0 Å². The number of hydrogen-bond acceptors (Lipinski definition) is 4. The molecule has 2 aliphatic heterocycles. The van der Waals surface area contributed by atoms with Crippen LogP contribution in [-0.2, 0) is 26.3 Å². The molecule has 0 radical (unpaired) electrons. The van der Waals surface area contributed by atoms with Crippen LogP contribution in [0.2, 0.25) is 0 Å². The zero-order valence-electron chi connectivity index (χ0n) is 22.6. The van der Waals surface area contributed by atoms with E-state index < -0.39 is 11.5 Å². The highest BCUT2D eigenvalue weighted by Gasteiger charge is 2.46. The fourth-order valence-electron chi connectivity index (χ4n) is 5.99. The van der Waals surface area contributed by atoms with Crippen molar-refractivity contribution < 1.29 is 23.1 Å². The van der Waals surface area contributed by atoms with Crippen LogP contribution in [-0.4, -0.2) is 36.3 Å². The minimum atomic E-state index is -0.808. The van der Waals surface area contributed by atoms with E-state index >= 15 is 0 Å². The fourth-order valence-corrected chi connectivity index (χ4v) is 5.99. The molecule has 2 heterocycles. The van der Waals surface area contributed by atoms with E-state index in [2.05, 4.69) is 29.2 Å². The van der Waals surface area contributed by atoms with E-state index in [-0.39, 0.29) is 29.3 Å². The predicted octanol–water partition coefficient (Wildman–Crippen LogP) is 6.60. The first-order valence-electron chi connectivity index (χ1n) is 13.8. The molecule has 3 aromatic rings. The van der Waals surface area contributed by atoms with Crippen molar-refractivity contribution in [3.8, 4) is 0 Å². The number of carbonyl (C=O) groups is 2. The summed E-state index contributed by atoms with van der Waals surface area (Å²) >= 11 is 0. The average Bonchev–Trinajstić information content (AvgIpc) is 2.93. The highest BCUT2D eigenvalue weighted by Crippen LogP contribution is 2.45. The topological polar surface area (TPSA) is 46.6 Å². The molecular weight excluding hydrogens is 496 g/mol. The molecule has 5 rings (SSSR count). The van der Waals surface area contributed by atoms with Crippen molar-refractivity contribution in [2.75, 3.05) is 19.6 Å². The Bertz CT molecular complexity index is 1330. The maximum absolute atomic E-state index is 14.2. The molecule has 39 heavy (non-hydrogen) atoms. The number of nitrogens with zero attached hydrogens (tertiary/aromatic N) is 1. The number of likely N-dealkylation sites (tertiary alicyclic amines) is 1. The second kappa shape index (κ2) is 11.4. The molecule has 1 fully saturated rings. The van der Waals surface area contributed by atoms with E-state index in [1.165, 1.54) is 29.8 Å². The summed E-state index contributed by atoms with van der Waals surface area (Å²) in [6.07, 6.45) is 2.86. The molecule has 3 aromatic carbocycles. The first kappa shape index (κ1) is 27.2. The molecule has 0 aromatic heterocycles. The quantitative estimate of drug-likeness (QED) is 0.307. The third kappa shape index (κ3) is 5.96. The number of ether oxygens (including phenoxy) is 1. The number of halogens is 2. The van der Waals surface area contributed by atoms with Crippen molar-refractivity contribution in [2.24, 2.45) is 0 Å². The molecule has 4 nitrogen and oxygen atoms in total. The predicted molar refractivity (Wildman–Crippen MR) is 147 cm³/mol. The van der Waals surface area contributed by atoms with Crippen LogP contribution in [0.15, 0.2) is 66.7 Å². The van der Waals surface area contributed by atoms with Crippen molar-refractivity contribution >= 4 is 11.8 Å². The molecule has 0 amide bonds. The van der Waals surface area contributed by atoms with Crippen molar-refractivity contribution in [1.82, 2.24) is 4.90 Å². The lowest BCUT2D eigenvalue weighted by atomic mass is 9.76. The summed E-state index contributed by atoms with van der Waals surface area (Å²) in [5.41, 5.74) is 3.96. The first-order valence-corrected chi connectivity index (χ1v) is 13.8. The molecular formula is C33H35F2NO3. The van der Waals surface area contributed by atoms with Gasteiger partial charge < -0.3 is 9.64 Å². The average molecular weight is 532 g/mol. The monoisotopic (exact) mass is 531 g/mol. The SMILES string of the molecule is Cc1ccc(CCC(=O)C(CCN2CCC3(CC2)OC(=O)C(C)c2ccc(F)cc23)c2ccc(F)cc2)cc1. The molecule has 2 atom stereocenters. The molecule has 2 aliphatic rings. The number of carbonyl (C=O) groups excluding carboxylic acids is 2. The van der Waals surface area contributed by atoms with E-state index in [1.54, 1.807) is 25.1 Å². The molecule has 0 bridgehead atoms. The third-order valence-electron chi connectivity index (χ3n) is 8.46. The van der Waals surface area contributed by atoms with Gasteiger partial charge in [0, 0.05) is 43.8 Å². The molecule has 1 spiro atoms. The smallest absolute Gasteiger partial charge is 0.314 e. The Kier molecular flexibility index (Phi) is 7.94. The van der Waals surface area contributed by atoms with Crippen LogP contribution in [0, 0.1) is 18.6 Å². The van der Waals surface area contributed by atoms with Gasteiger partial charge in [-0.25, -0.2) is 8.78 Å². The lowest BCUT2D eigenvalue weighted by Crippen LogP contribution is -2.48. The Balaban J connectivity index is 1.25. The van der Waals surface area contributed by atoms with Gasteiger partial charge in [0.05, 0.1) is 5.92 Å². The van der Waals surface area contributed by atoms with Crippen LogP contribution in [0.25, 0.3) is 0 Å². The van der Waals surface area contributed by atoms with Gasteiger partial charge in [-0.3, -0.25) is 9.59 Å². The van der Waals surface area contributed by atoms with Gasteiger partial charge in [-0.05, 0) is 74.2 Å². The van der Waals surface area contributed by atoms with Crippen LogP contribution in [0.4, 0.5) is 8.78 Å². The molecule has 6 heteroatoms. The maximum Gasteiger partial charge on any atom is 0.314 e. The maximum atomic E-state index is 14.2. The van der Waals surface area contributed by atoms with E-state index in [4.69, 9.17) is 4.74 Å². The number of esters is 1. The first-order chi connectivity index (χ1) is 18.7. The van der Waals surface area contributed by atoms with Crippen LogP contribution in [0.1, 0.15) is 72.3 Å². The summed E-state index contributed by atoms with van der Waals surface area (Å²) in [5.74, 6) is -1.50.